The highest BCUT2D eigenvalue weighted by Gasteiger charge is 2.28. The van der Waals surface area contributed by atoms with Crippen molar-refractivity contribution in [2.24, 2.45) is 5.92 Å². The maximum absolute atomic E-state index is 13.4. The Balaban J connectivity index is 1.49. The molecule has 1 N–H and O–H groups in total. The summed E-state index contributed by atoms with van der Waals surface area (Å²) in [5, 5.41) is 4.86. The number of thiazole rings is 1. The number of carbonyl (C=O) groups excluding carboxylic acids is 2. The minimum Gasteiger partial charge on any atom is -0.343 e. The van der Waals surface area contributed by atoms with Gasteiger partial charge in [-0.25, -0.2) is 13.8 Å². The van der Waals surface area contributed by atoms with Gasteiger partial charge in [0.1, 0.15) is 0 Å². The van der Waals surface area contributed by atoms with Crippen molar-refractivity contribution < 1.29 is 18.4 Å². The molecular weight excluding hydrogens is 410 g/mol. The first-order valence-corrected chi connectivity index (χ1v) is 11.0. The van der Waals surface area contributed by atoms with Gasteiger partial charge in [0.15, 0.2) is 16.8 Å². The number of nitrogens with one attached hydrogen (secondary N) is 1. The second-order valence-corrected chi connectivity index (χ2v) is 8.13. The first-order valence-electron chi connectivity index (χ1n) is 10.1. The average Bonchev–Trinajstić information content (AvgIpc) is 3.19. The van der Waals surface area contributed by atoms with Crippen LogP contribution in [0.2, 0.25) is 0 Å². The molecule has 30 heavy (non-hydrogen) atoms. The molecule has 1 aromatic carbocycles. The summed E-state index contributed by atoms with van der Waals surface area (Å²) < 4.78 is 26.5. The average molecular weight is 437 g/mol. The van der Waals surface area contributed by atoms with E-state index in [1.807, 2.05) is 23.6 Å². The molecule has 1 aromatic heterocycles. The third kappa shape index (κ3) is 5.40. The summed E-state index contributed by atoms with van der Waals surface area (Å²) in [4.78, 5) is 33.0. The molecule has 2 amide bonds. The summed E-state index contributed by atoms with van der Waals surface area (Å²) in [6, 6.07) is 3.58. The highest BCUT2D eigenvalue weighted by Crippen LogP contribution is 2.26. The van der Waals surface area contributed by atoms with Gasteiger partial charge in [-0.05, 0) is 58.0 Å². The lowest BCUT2D eigenvalue weighted by Crippen LogP contribution is -2.44. The summed E-state index contributed by atoms with van der Waals surface area (Å²) in [6.07, 6.45) is 1.50. The van der Waals surface area contributed by atoms with E-state index in [9.17, 15) is 18.4 Å². The summed E-state index contributed by atoms with van der Waals surface area (Å²) in [6.45, 7) is 7.03. The Hall–Kier alpha value is -2.39. The number of amides is 2. The smallest absolute Gasteiger partial charge is 0.240 e. The number of anilines is 1. The van der Waals surface area contributed by atoms with E-state index in [1.54, 1.807) is 5.38 Å². The zero-order valence-corrected chi connectivity index (χ0v) is 18.0. The van der Waals surface area contributed by atoms with Crippen LogP contribution in [0.1, 0.15) is 26.7 Å². The number of aromatic nitrogens is 1. The molecule has 1 saturated heterocycles. The van der Waals surface area contributed by atoms with Gasteiger partial charge < -0.3 is 10.2 Å². The molecule has 3 rings (SSSR count). The van der Waals surface area contributed by atoms with E-state index >= 15 is 0 Å². The second-order valence-electron chi connectivity index (χ2n) is 7.28. The molecule has 6 nitrogen and oxygen atoms in total. The Morgan fingerprint density at radius 2 is 1.90 bits per heavy atom. The molecule has 1 fully saturated rings. The molecule has 0 radical (unpaired) electrons. The maximum atomic E-state index is 13.4. The number of nitrogens with zero attached hydrogens (tertiary/aromatic N) is 3. The molecule has 0 spiro atoms. The molecule has 0 unspecified atom stereocenters. The molecule has 162 valence electrons. The van der Waals surface area contributed by atoms with Crippen LogP contribution in [0.5, 0.6) is 0 Å². The monoisotopic (exact) mass is 436 g/mol. The molecule has 9 heteroatoms. The van der Waals surface area contributed by atoms with Crippen LogP contribution in [0.3, 0.4) is 0 Å². The van der Waals surface area contributed by atoms with Crippen LogP contribution in [-0.4, -0.2) is 59.3 Å². The van der Waals surface area contributed by atoms with E-state index in [1.165, 1.54) is 17.4 Å². The van der Waals surface area contributed by atoms with Gasteiger partial charge in [0.05, 0.1) is 12.2 Å². The Kier molecular flexibility index (Phi) is 7.49. The van der Waals surface area contributed by atoms with Crippen LogP contribution >= 0.6 is 11.3 Å². The van der Waals surface area contributed by atoms with Crippen molar-refractivity contribution in [2.75, 3.05) is 38.0 Å². The second kappa shape index (κ2) is 10.1. The highest BCUT2D eigenvalue weighted by atomic mass is 32.1. The fraction of sp³-hybridized carbons (Fsp3) is 0.476. The number of hydrogen-bond donors (Lipinski definition) is 1. The summed E-state index contributed by atoms with van der Waals surface area (Å²) in [7, 11) is 0. The quantitative estimate of drug-likeness (QED) is 0.720. The van der Waals surface area contributed by atoms with Crippen molar-refractivity contribution in [3.63, 3.8) is 0 Å². The van der Waals surface area contributed by atoms with Gasteiger partial charge in [-0.2, -0.15) is 0 Å². The summed E-state index contributed by atoms with van der Waals surface area (Å²) in [5.74, 6) is -1.80. The first kappa shape index (κ1) is 22.3. The Morgan fingerprint density at radius 3 is 2.53 bits per heavy atom. The fourth-order valence-electron chi connectivity index (χ4n) is 3.61. The number of rotatable bonds is 7. The standard InChI is InChI=1S/C21H26F2N4O2S/c1-3-27(4-2)20(29)14-7-9-26(10-8-14)12-19(28)25-21-24-18(13-30-21)15-5-6-16(22)17(23)11-15/h5-6,11,13-14H,3-4,7-10,12H2,1-2H3,(H,24,25,28). The van der Waals surface area contributed by atoms with Gasteiger partial charge in [-0.15, -0.1) is 11.3 Å². The van der Waals surface area contributed by atoms with Gasteiger partial charge in [-0.1, -0.05) is 0 Å². The van der Waals surface area contributed by atoms with E-state index in [4.69, 9.17) is 0 Å². The van der Waals surface area contributed by atoms with Crippen molar-refractivity contribution in [3.05, 3.63) is 35.2 Å². The highest BCUT2D eigenvalue weighted by molar-refractivity contribution is 7.14. The SMILES string of the molecule is CCN(CC)C(=O)C1CCN(CC(=O)Nc2nc(-c3ccc(F)c(F)c3)cs2)CC1. The number of piperidine rings is 1. The van der Waals surface area contributed by atoms with E-state index in [2.05, 4.69) is 10.3 Å². The predicted molar refractivity (Wildman–Crippen MR) is 113 cm³/mol. The van der Waals surface area contributed by atoms with Crippen LogP contribution in [0.15, 0.2) is 23.6 Å². The van der Waals surface area contributed by atoms with Gasteiger partial charge in [0, 0.05) is 30.0 Å². The van der Waals surface area contributed by atoms with Crippen LogP contribution in [-0.2, 0) is 9.59 Å². The summed E-state index contributed by atoms with van der Waals surface area (Å²) in [5.41, 5.74) is 0.926. The van der Waals surface area contributed by atoms with Crippen LogP contribution < -0.4 is 5.32 Å². The minimum atomic E-state index is -0.936. The molecule has 1 aliphatic heterocycles. The zero-order valence-electron chi connectivity index (χ0n) is 17.2. The summed E-state index contributed by atoms with van der Waals surface area (Å²) >= 11 is 1.23. The van der Waals surface area contributed by atoms with Crippen molar-refractivity contribution in [1.82, 2.24) is 14.8 Å². The molecule has 0 aliphatic carbocycles. The number of benzene rings is 1. The molecule has 2 heterocycles. The van der Waals surface area contributed by atoms with E-state index in [-0.39, 0.29) is 24.3 Å². The topological polar surface area (TPSA) is 65.5 Å². The Bertz CT molecular complexity index is 893. The van der Waals surface area contributed by atoms with E-state index in [0.29, 0.717) is 29.5 Å². The van der Waals surface area contributed by atoms with E-state index < -0.39 is 11.6 Å². The molecule has 0 atom stereocenters. The van der Waals surface area contributed by atoms with Gasteiger partial charge >= 0.3 is 0 Å². The Labute approximate surface area is 178 Å². The lowest BCUT2D eigenvalue weighted by molar-refractivity contribution is -0.136. The van der Waals surface area contributed by atoms with Crippen molar-refractivity contribution >= 4 is 28.3 Å². The van der Waals surface area contributed by atoms with Crippen LogP contribution in [0, 0.1) is 17.6 Å². The molecule has 1 aliphatic rings. The fourth-order valence-corrected chi connectivity index (χ4v) is 4.35. The normalized spacial score (nSPS) is 15.2. The van der Waals surface area contributed by atoms with Crippen LogP contribution in [0.25, 0.3) is 11.3 Å². The number of hydrogen-bond acceptors (Lipinski definition) is 5. The molecular formula is C21H26F2N4O2S. The first-order chi connectivity index (χ1) is 14.4. The number of halogens is 2. The van der Waals surface area contributed by atoms with Crippen molar-refractivity contribution in [1.29, 1.82) is 0 Å². The maximum Gasteiger partial charge on any atom is 0.240 e. The third-order valence-corrected chi connectivity index (χ3v) is 6.10. The minimum absolute atomic E-state index is 0.0295. The number of carbonyl (C=O) groups is 2. The van der Waals surface area contributed by atoms with Gasteiger partial charge in [0.25, 0.3) is 0 Å². The largest absolute Gasteiger partial charge is 0.343 e. The van der Waals surface area contributed by atoms with E-state index in [0.717, 1.165) is 38.1 Å². The lowest BCUT2D eigenvalue weighted by Gasteiger charge is -2.33. The van der Waals surface area contributed by atoms with Crippen molar-refractivity contribution in [3.8, 4) is 11.3 Å². The lowest BCUT2D eigenvalue weighted by atomic mass is 9.95. The Morgan fingerprint density at radius 1 is 1.20 bits per heavy atom. The molecule has 2 aromatic rings. The predicted octanol–water partition coefficient (Wildman–Crippen LogP) is 3.61. The molecule has 0 saturated carbocycles. The molecule has 0 bridgehead atoms. The van der Waals surface area contributed by atoms with Crippen LogP contribution in [0.4, 0.5) is 13.9 Å². The van der Waals surface area contributed by atoms with Gasteiger partial charge in [-0.3, -0.25) is 14.5 Å². The van der Waals surface area contributed by atoms with Gasteiger partial charge in [0.2, 0.25) is 11.8 Å². The third-order valence-electron chi connectivity index (χ3n) is 5.35. The number of likely N-dealkylation sites (tertiary alicyclic amines) is 1. The zero-order chi connectivity index (χ0) is 21.7. The van der Waals surface area contributed by atoms with Crippen molar-refractivity contribution in [2.45, 2.75) is 26.7 Å².